The largest absolute Gasteiger partial charge is 0.480 e. The molecule has 238 valence electrons. The Morgan fingerprint density at radius 2 is 1.80 bits per heavy atom. The lowest BCUT2D eigenvalue weighted by molar-refractivity contribution is -0.139. The maximum absolute atomic E-state index is 12.7. The van der Waals surface area contributed by atoms with E-state index in [9.17, 15) is 38.8 Å². The monoisotopic (exact) mass is 632 g/mol. The van der Waals surface area contributed by atoms with E-state index in [0.29, 0.717) is 17.7 Å². The number of carbonyl (C=O) groups is 7. The Kier molecular flexibility index (Phi) is 13.3. The molecule has 0 saturated carbocycles. The lowest BCUT2D eigenvalue weighted by Crippen LogP contribution is -2.49. The molecule has 0 spiro atoms. The Morgan fingerprint density at radius 1 is 1.11 bits per heavy atom. The number of aliphatic carboxylic acids is 2. The molecule has 1 unspecified atom stereocenters. The minimum atomic E-state index is -1.38. The zero-order valence-corrected chi connectivity index (χ0v) is 25.4. The van der Waals surface area contributed by atoms with Crippen molar-refractivity contribution in [1.29, 1.82) is 5.26 Å². The molecule has 0 saturated heterocycles. The van der Waals surface area contributed by atoms with Crippen molar-refractivity contribution in [2.24, 2.45) is 11.7 Å². The molecule has 0 aliphatic carbocycles. The van der Waals surface area contributed by atoms with Gasteiger partial charge in [-0.1, -0.05) is 12.1 Å². The van der Waals surface area contributed by atoms with E-state index in [1.807, 2.05) is 13.8 Å². The average Bonchev–Trinajstić information content (AvgIpc) is 3.31. The first-order chi connectivity index (χ1) is 20.7. The summed E-state index contributed by atoms with van der Waals surface area (Å²) in [5.74, 6) is -8.03. The second-order valence-corrected chi connectivity index (χ2v) is 11.5. The highest BCUT2D eigenvalue weighted by atomic mass is 32.2. The number of benzene rings is 1. The predicted molar refractivity (Wildman–Crippen MR) is 157 cm³/mol. The molecular formula is C28H36N6O9S. The number of aryl methyl sites for hydroxylation is 1. The van der Waals surface area contributed by atoms with Gasteiger partial charge in [0.1, 0.15) is 24.5 Å². The summed E-state index contributed by atoms with van der Waals surface area (Å²) in [6, 6.07) is 2.75. The first-order valence-corrected chi connectivity index (χ1v) is 14.8. The number of nitrogens with two attached hydrogens (primary N) is 1. The number of nitrogens with zero attached hydrogens (tertiary/aromatic N) is 2. The molecule has 0 bridgehead atoms. The number of rotatable bonds is 17. The minimum absolute atomic E-state index is 0.0107. The van der Waals surface area contributed by atoms with Crippen molar-refractivity contribution in [1.82, 2.24) is 20.9 Å². The van der Waals surface area contributed by atoms with Gasteiger partial charge in [-0.2, -0.15) is 17.0 Å². The van der Waals surface area contributed by atoms with E-state index < -0.39 is 60.0 Å². The van der Waals surface area contributed by atoms with E-state index in [0.717, 1.165) is 22.9 Å². The normalized spacial score (nSPS) is 14.2. The molecule has 1 aliphatic rings. The Hall–Kier alpha value is -4.49. The zero-order valence-electron chi connectivity index (χ0n) is 24.5. The molecule has 7 N–H and O–H groups in total. The van der Waals surface area contributed by atoms with Gasteiger partial charge >= 0.3 is 11.9 Å². The second kappa shape index (κ2) is 16.4. The molecule has 2 rings (SSSR count). The van der Waals surface area contributed by atoms with Gasteiger partial charge in [0.05, 0.1) is 6.07 Å². The molecule has 3 atom stereocenters. The van der Waals surface area contributed by atoms with Gasteiger partial charge in [0.25, 0.3) is 11.8 Å². The van der Waals surface area contributed by atoms with Crippen molar-refractivity contribution in [3.63, 3.8) is 0 Å². The summed E-state index contributed by atoms with van der Waals surface area (Å²) in [7, 11) is 0. The van der Waals surface area contributed by atoms with Crippen LogP contribution in [0.1, 0.15) is 53.7 Å². The number of thioether (sulfide) groups is 1. The van der Waals surface area contributed by atoms with Crippen molar-refractivity contribution < 1.29 is 43.8 Å². The fourth-order valence-corrected chi connectivity index (χ4v) is 5.41. The lowest BCUT2D eigenvalue weighted by Gasteiger charge is -2.19. The number of carboxylic acids is 2. The maximum Gasteiger partial charge on any atom is 0.322 e. The Morgan fingerprint density at radius 3 is 2.39 bits per heavy atom. The quantitative estimate of drug-likeness (QED) is 0.117. The number of nitriles is 1. The highest BCUT2D eigenvalue weighted by Crippen LogP contribution is 2.28. The summed E-state index contributed by atoms with van der Waals surface area (Å²) in [5.41, 5.74) is 8.26. The highest BCUT2D eigenvalue weighted by molar-refractivity contribution is 7.99. The van der Waals surface area contributed by atoms with Gasteiger partial charge in [-0.3, -0.25) is 33.6 Å². The molecule has 1 aromatic carbocycles. The first-order valence-electron chi connectivity index (χ1n) is 13.7. The average molecular weight is 633 g/mol. The van der Waals surface area contributed by atoms with Gasteiger partial charge in [0.2, 0.25) is 17.6 Å². The standard InChI is InChI=1S/C28H36N6O9S/c1-14(2)34-11-17-7-16(6-15(3)23(17)27(34)41)9-31-26(40)24(38)18(8-29)12-44-13-20(25(39)32-10-22(36)37)33-21(35)5-4-19(30)28(42)43/h6-7,14,18-20H,4-5,9-13,30H2,1-3H3,(H,31,40)(H,32,39)(H,33,35)(H,36,37)(H,42,43)/t18?,19-,20-/m0/s1. The fourth-order valence-electron chi connectivity index (χ4n) is 4.34. The molecule has 0 aromatic heterocycles. The van der Waals surface area contributed by atoms with E-state index in [1.54, 1.807) is 30.0 Å². The van der Waals surface area contributed by atoms with Gasteiger partial charge < -0.3 is 36.8 Å². The van der Waals surface area contributed by atoms with Crippen LogP contribution >= 0.6 is 11.8 Å². The third kappa shape index (κ3) is 10.1. The molecule has 15 nitrogen and oxygen atoms in total. The number of Topliss-reactive ketones (excluding diaryl/α,β-unsaturated/α-hetero) is 1. The van der Waals surface area contributed by atoms with Crippen LogP contribution in [0, 0.1) is 24.2 Å². The van der Waals surface area contributed by atoms with Crippen LogP contribution in [0.4, 0.5) is 0 Å². The van der Waals surface area contributed by atoms with E-state index in [-0.39, 0.29) is 42.8 Å². The van der Waals surface area contributed by atoms with Crippen molar-refractivity contribution in [3.05, 3.63) is 34.4 Å². The summed E-state index contributed by atoms with van der Waals surface area (Å²) in [6.45, 7) is 5.33. The smallest absolute Gasteiger partial charge is 0.322 e. The number of ketones is 1. The van der Waals surface area contributed by atoms with Crippen LogP contribution in [-0.2, 0) is 41.9 Å². The third-order valence-electron chi connectivity index (χ3n) is 6.70. The van der Waals surface area contributed by atoms with Gasteiger partial charge in [0.15, 0.2) is 0 Å². The van der Waals surface area contributed by atoms with Crippen LogP contribution in [0.25, 0.3) is 0 Å². The molecule has 1 heterocycles. The van der Waals surface area contributed by atoms with Gasteiger partial charge in [-0.15, -0.1) is 0 Å². The predicted octanol–water partition coefficient (Wildman–Crippen LogP) is -0.705. The molecule has 44 heavy (non-hydrogen) atoms. The first kappa shape index (κ1) is 35.7. The summed E-state index contributed by atoms with van der Waals surface area (Å²) in [6.07, 6.45) is -0.534. The maximum atomic E-state index is 12.7. The summed E-state index contributed by atoms with van der Waals surface area (Å²) < 4.78 is 0. The van der Waals surface area contributed by atoms with Crippen molar-refractivity contribution >= 4 is 53.1 Å². The number of nitrogens with one attached hydrogen (secondary N) is 3. The van der Waals surface area contributed by atoms with Crippen LogP contribution in [0.2, 0.25) is 0 Å². The minimum Gasteiger partial charge on any atom is -0.480 e. The number of hydrogen-bond acceptors (Lipinski definition) is 10. The van der Waals surface area contributed by atoms with Crippen LogP contribution in [0.5, 0.6) is 0 Å². The SMILES string of the molecule is Cc1cc(CNC(=O)C(=O)C(C#N)CSC[C@H](NC(=O)CC[C@H](N)C(=O)O)C(=O)NCC(=O)O)cc2c1C(=O)N(C(C)C)C2. The molecular weight excluding hydrogens is 596 g/mol. The van der Waals surface area contributed by atoms with E-state index in [1.165, 1.54) is 0 Å². The van der Waals surface area contributed by atoms with Crippen LogP contribution in [0.15, 0.2) is 12.1 Å². The van der Waals surface area contributed by atoms with E-state index in [4.69, 9.17) is 15.9 Å². The summed E-state index contributed by atoms with van der Waals surface area (Å²) in [5, 5.41) is 34.2. The third-order valence-corrected chi connectivity index (χ3v) is 7.84. The Bertz CT molecular complexity index is 1360. The van der Waals surface area contributed by atoms with Crippen molar-refractivity contribution in [3.8, 4) is 6.07 Å². The van der Waals surface area contributed by atoms with Crippen LogP contribution in [0.3, 0.4) is 0 Å². The number of fused-ring (bicyclic) bond motifs is 1. The van der Waals surface area contributed by atoms with E-state index in [2.05, 4.69) is 16.0 Å². The molecule has 4 amide bonds. The molecule has 1 aromatic rings. The van der Waals surface area contributed by atoms with Gasteiger partial charge in [0, 0.05) is 42.6 Å². The lowest BCUT2D eigenvalue weighted by atomic mass is 10.00. The highest BCUT2D eigenvalue weighted by Gasteiger charge is 2.31. The van der Waals surface area contributed by atoms with Crippen LogP contribution in [-0.4, -0.2) is 92.6 Å². The molecule has 0 radical (unpaired) electrons. The molecule has 1 aliphatic heterocycles. The van der Waals surface area contributed by atoms with Crippen molar-refractivity contribution in [2.45, 2.75) is 64.8 Å². The molecule has 0 fully saturated rings. The number of amides is 4. The van der Waals surface area contributed by atoms with Crippen molar-refractivity contribution in [2.75, 3.05) is 18.1 Å². The molecule has 16 heteroatoms. The number of carboxylic acid groups (broad SMARTS) is 2. The Balaban J connectivity index is 1.97. The summed E-state index contributed by atoms with van der Waals surface area (Å²) in [4.78, 5) is 86.1. The van der Waals surface area contributed by atoms with E-state index >= 15 is 0 Å². The number of hydrogen-bond donors (Lipinski definition) is 6. The van der Waals surface area contributed by atoms with Crippen LogP contribution < -0.4 is 21.7 Å². The number of carbonyl (C=O) groups excluding carboxylic acids is 5. The van der Waals surface area contributed by atoms with Gasteiger partial charge in [-0.05, 0) is 43.9 Å². The fraction of sp³-hybridized carbons (Fsp3) is 0.500. The van der Waals surface area contributed by atoms with Gasteiger partial charge in [-0.25, -0.2) is 0 Å². The summed E-state index contributed by atoms with van der Waals surface area (Å²) >= 11 is 0.904. The second-order valence-electron chi connectivity index (χ2n) is 10.5. The topological polar surface area (TPSA) is 249 Å². The Labute approximate surface area is 257 Å². The zero-order chi connectivity index (χ0) is 33.1.